The molecule has 0 radical (unpaired) electrons. The lowest BCUT2D eigenvalue weighted by Gasteiger charge is -2.28. The third-order valence-corrected chi connectivity index (χ3v) is 4.90. The molecule has 2 amide bonds. The number of aryl methyl sites for hydroxylation is 1. The van der Waals surface area contributed by atoms with E-state index in [2.05, 4.69) is 5.32 Å². The summed E-state index contributed by atoms with van der Waals surface area (Å²) in [4.78, 5) is 26.5. The molecule has 0 saturated carbocycles. The molecular weight excluding hydrogens is 368 g/mol. The van der Waals surface area contributed by atoms with Gasteiger partial charge in [-0.05, 0) is 49.2 Å². The monoisotopic (exact) mass is 390 g/mol. The Morgan fingerprint density at radius 2 is 1.93 bits per heavy atom. The first kappa shape index (κ1) is 18.8. The van der Waals surface area contributed by atoms with E-state index in [9.17, 15) is 9.59 Å². The molecule has 0 aliphatic carbocycles. The zero-order valence-corrected chi connectivity index (χ0v) is 16.3. The van der Waals surface area contributed by atoms with Crippen LogP contribution in [0.1, 0.15) is 40.4 Å². The number of anilines is 1. The van der Waals surface area contributed by atoms with E-state index in [1.807, 2.05) is 62.4 Å². The lowest BCUT2D eigenvalue weighted by atomic mass is 10.1. The summed E-state index contributed by atoms with van der Waals surface area (Å²) in [6.07, 6.45) is 0. The van der Waals surface area contributed by atoms with Gasteiger partial charge in [0.25, 0.3) is 11.8 Å². The Morgan fingerprint density at radius 1 is 1.14 bits per heavy atom. The van der Waals surface area contributed by atoms with Crippen molar-refractivity contribution in [3.63, 3.8) is 0 Å². The molecule has 1 atom stereocenters. The van der Waals surface area contributed by atoms with Crippen LogP contribution in [0.3, 0.4) is 0 Å². The van der Waals surface area contributed by atoms with Crippen LogP contribution in [0.15, 0.2) is 65.1 Å². The molecule has 4 rings (SSSR count). The number of nitrogens with zero attached hydrogens (tertiary/aromatic N) is 1. The Kier molecular flexibility index (Phi) is 5.08. The second kappa shape index (κ2) is 7.83. The van der Waals surface area contributed by atoms with Crippen LogP contribution in [0.25, 0.3) is 0 Å². The number of hydrogen-bond acceptors (Lipinski definition) is 4. The molecule has 148 valence electrons. The van der Waals surface area contributed by atoms with Gasteiger partial charge >= 0.3 is 0 Å². The maximum absolute atomic E-state index is 12.5. The van der Waals surface area contributed by atoms with E-state index in [0.717, 1.165) is 11.1 Å². The van der Waals surface area contributed by atoms with Crippen molar-refractivity contribution < 1.29 is 18.7 Å². The predicted octanol–water partition coefficient (Wildman–Crippen LogP) is 4.00. The molecule has 6 heteroatoms. The summed E-state index contributed by atoms with van der Waals surface area (Å²) in [5.74, 6) is 0.973. The molecule has 2 heterocycles. The summed E-state index contributed by atoms with van der Waals surface area (Å²) < 4.78 is 11.3. The zero-order chi connectivity index (χ0) is 20.4. The number of benzene rings is 2. The van der Waals surface area contributed by atoms with Gasteiger partial charge in [0.1, 0.15) is 11.5 Å². The number of amides is 2. The van der Waals surface area contributed by atoms with Crippen molar-refractivity contribution in [1.29, 1.82) is 0 Å². The molecule has 0 spiro atoms. The average molecular weight is 390 g/mol. The SMILES string of the molecule is Cc1ccc2c(c1)OCC(=O)N2Cc1ccc(C(=O)N[C@H](C)c2ccccc2)o1. The Labute approximate surface area is 169 Å². The van der Waals surface area contributed by atoms with E-state index in [1.54, 1.807) is 17.0 Å². The van der Waals surface area contributed by atoms with Crippen LogP contribution in [0.5, 0.6) is 5.75 Å². The first-order valence-electron chi connectivity index (χ1n) is 9.49. The first-order chi connectivity index (χ1) is 14.0. The molecule has 1 aliphatic rings. The van der Waals surface area contributed by atoms with E-state index in [0.29, 0.717) is 17.2 Å². The van der Waals surface area contributed by atoms with Crippen molar-refractivity contribution in [1.82, 2.24) is 5.32 Å². The van der Waals surface area contributed by atoms with Crippen molar-refractivity contribution in [2.45, 2.75) is 26.4 Å². The number of ether oxygens (including phenoxy) is 1. The second-order valence-corrected chi connectivity index (χ2v) is 7.11. The van der Waals surface area contributed by atoms with E-state index < -0.39 is 0 Å². The smallest absolute Gasteiger partial charge is 0.287 e. The van der Waals surface area contributed by atoms with E-state index in [-0.39, 0.29) is 36.8 Å². The molecule has 0 saturated heterocycles. The molecule has 0 unspecified atom stereocenters. The second-order valence-electron chi connectivity index (χ2n) is 7.11. The quantitative estimate of drug-likeness (QED) is 0.715. The number of carbonyl (C=O) groups is 2. The van der Waals surface area contributed by atoms with Crippen LogP contribution < -0.4 is 15.0 Å². The number of furan rings is 1. The highest BCUT2D eigenvalue weighted by Gasteiger charge is 2.27. The van der Waals surface area contributed by atoms with Gasteiger partial charge in [0.05, 0.1) is 18.3 Å². The summed E-state index contributed by atoms with van der Waals surface area (Å²) in [5.41, 5.74) is 2.77. The highest BCUT2D eigenvalue weighted by molar-refractivity contribution is 5.97. The molecule has 1 N–H and O–H groups in total. The normalized spacial score (nSPS) is 14.1. The lowest BCUT2D eigenvalue weighted by Crippen LogP contribution is -2.38. The Hall–Kier alpha value is -3.54. The van der Waals surface area contributed by atoms with E-state index >= 15 is 0 Å². The van der Waals surface area contributed by atoms with Crippen molar-refractivity contribution >= 4 is 17.5 Å². The molecule has 1 aliphatic heterocycles. The van der Waals surface area contributed by atoms with Gasteiger partial charge in [-0.1, -0.05) is 36.4 Å². The Bertz CT molecular complexity index is 1040. The molecule has 29 heavy (non-hydrogen) atoms. The highest BCUT2D eigenvalue weighted by atomic mass is 16.5. The van der Waals surface area contributed by atoms with Gasteiger partial charge in [0.15, 0.2) is 12.4 Å². The van der Waals surface area contributed by atoms with Gasteiger partial charge in [-0.2, -0.15) is 0 Å². The van der Waals surface area contributed by atoms with Crippen molar-refractivity contribution in [3.8, 4) is 5.75 Å². The standard InChI is InChI=1S/C23H22N2O4/c1-15-8-10-19-21(12-15)28-14-22(26)25(19)13-18-9-11-20(29-18)23(27)24-16(2)17-6-4-3-5-7-17/h3-12,16H,13-14H2,1-2H3,(H,24,27)/t16-/m1/s1. The average Bonchev–Trinajstić information content (AvgIpc) is 3.19. The molecule has 0 fully saturated rings. The van der Waals surface area contributed by atoms with Crippen LogP contribution in [0.4, 0.5) is 5.69 Å². The van der Waals surface area contributed by atoms with E-state index in [4.69, 9.17) is 9.15 Å². The van der Waals surface area contributed by atoms with Crippen LogP contribution in [0, 0.1) is 6.92 Å². The third kappa shape index (κ3) is 4.01. The number of hydrogen-bond donors (Lipinski definition) is 1. The minimum atomic E-state index is -0.295. The molecular formula is C23H22N2O4. The fourth-order valence-corrected chi connectivity index (χ4v) is 3.32. The van der Waals surface area contributed by atoms with Gasteiger partial charge < -0.3 is 14.5 Å². The summed E-state index contributed by atoms with van der Waals surface area (Å²) in [6, 6.07) is 18.6. The van der Waals surface area contributed by atoms with Crippen LogP contribution in [-0.2, 0) is 11.3 Å². The Morgan fingerprint density at radius 3 is 2.72 bits per heavy atom. The van der Waals surface area contributed by atoms with Crippen molar-refractivity contribution in [2.75, 3.05) is 11.5 Å². The first-order valence-corrected chi connectivity index (χ1v) is 9.49. The topological polar surface area (TPSA) is 71.8 Å². The molecule has 1 aromatic heterocycles. The Balaban J connectivity index is 1.47. The summed E-state index contributed by atoms with van der Waals surface area (Å²) >= 11 is 0. The van der Waals surface area contributed by atoms with Gasteiger partial charge in [0, 0.05) is 0 Å². The minimum absolute atomic E-state index is 0.0148. The molecule has 0 bridgehead atoms. The maximum atomic E-state index is 12.5. The number of nitrogens with one attached hydrogen (secondary N) is 1. The number of rotatable bonds is 5. The zero-order valence-electron chi connectivity index (χ0n) is 16.3. The number of fused-ring (bicyclic) bond motifs is 1. The fourth-order valence-electron chi connectivity index (χ4n) is 3.32. The third-order valence-electron chi connectivity index (χ3n) is 4.90. The maximum Gasteiger partial charge on any atom is 0.287 e. The number of carbonyl (C=O) groups excluding carboxylic acids is 2. The van der Waals surface area contributed by atoms with Crippen LogP contribution in [-0.4, -0.2) is 18.4 Å². The fraction of sp³-hybridized carbons (Fsp3) is 0.217. The molecule has 2 aromatic carbocycles. The highest BCUT2D eigenvalue weighted by Crippen LogP contribution is 2.34. The molecule has 6 nitrogen and oxygen atoms in total. The molecule has 3 aromatic rings. The predicted molar refractivity (Wildman–Crippen MR) is 109 cm³/mol. The van der Waals surface area contributed by atoms with Gasteiger partial charge in [-0.3, -0.25) is 14.5 Å². The largest absolute Gasteiger partial charge is 0.482 e. The summed E-state index contributed by atoms with van der Waals surface area (Å²) in [5, 5.41) is 2.93. The van der Waals surface area contributed by atoms with Crippen molar-refractivity contribution in [2.24, 2.45) is 0 Å². The lowest BCUT2D eigenvalue weighted by molar-refractivity contribution is -0.121. The van der Waals surface area contributed by atoms with Gasteiger partial charge in [-0.15, -0.1) is 0 Å². The minimum Gasteiger partial charge on any atom is -0.482 e. The van der Waals surface area contributed by atoms with Crippen LogP contribution >= 0.6 is 0 Å². The van der Waals surface area contributed by atoms with Gasteiger partial charge in [-0.25, -0.2) is 0 Å². The van der Waals surface area contributed by atoms with E-state index in [1.165, 1.54) is 0 Å². The summed E-state index contributed by atoms with van der Waals surface area (Å²) in [7, 11) is 0. The van der Waals surface area contributed by atoms with Crippen LogP contribution in [0.2, 0.25) is 0 Å². The summed E-state index contributed by atoms with van der Waals surface area (Å²) in [6.45, 7) is 4.11. The van der Waals surface area contributed by atoms with Crippen molar-refractivity contribution in [3.05, 3.63) is 83.3 Å². The van der Waals surface area contributed by atoms with Gasteiger partial charge in [0.2, 0.25) is 0 Å².